The van der Waals surface area contributed by atoms with Crippen molar-refractivity contribution in [3.05, 3.63) is 53.5 Å². The molecule has 0 aliphatic heterocycles. The Labute approximate surface area is 106 Å². The van der Waals surface area contributed by atoms with E-state index in [1.54, 1.807) is 18.3 Å². The van der Waals surface area contributed by atoms with Gasteiger partial charge in [0, 0.05) is 6.20 Å². The fourth-order valence-corrected chi connectivity index (χ4v) is 1.75. The van der Waals surface area contributed by atoms with Crippen LogP contribution in [0.1, 0.15) is 24.1 Å². The van der Waals surface area contributed by atoms with Crippen LogP contribution in [-0.2, 0) is 0 Å². The number of aromatic nitrogens is 1. The van der Waals surface area contributed by atoms with Crippen molar-refractivity contribution in [3.63, 3.8) is 0 Å². The van der Waals surface area contributed by atoms with Crippen LogP contribution < -0.4 is 11.1 Å². The number of hydrogen-bond acceptors (Lipinski definition) is 3. The number of nitrogens with two attached hydrogens (primary N) is 1. The Kier molecular flexibility index (Phi) is 3.46. The summed E-state index contributed by atoms with van der Waals surface area (Å²) in [5, 5.41) is 3.21. The van der Waals surface area contributed by atoms with Gasteiger partial charge in [0.25, 0.3) is 0 Å². The minimum Gasteiger partial charge on any atom is -0.396 e. The van der Waals surface area contributed by atoms with Gasteiger partial charge in [0.1, 0.15) is 11.6 Å². The molecule has 0 bridgehead atoms. The van der Waals surface area contributed by atoms with Crippen LogP contribution in [0.2, 0.25) is 0 Å². The van der Waals surface area contributed by atoms with Crippen molar-refractivity contribution in [2.75, 3.05) is 11.1 Å². The van der Waals surface area contributed by atoms with Gasteiger partial charge in [0.2, 0.25) is 0 Å². The first kappa shape index (κ1) is 12.4. The average molecular weight is 245 g/mol. The highest BCUT2D eigenvalue weighted by molar-refractivity contribution is 5.62. The highest BCUT2D eigenvalue weighted by Crippen LogP contribution is 2.22. The van der Waals surface area contributed by atoms with Crippen molar-refractivity contribution in [1.29, 1.82) is 0 Å². The number of hydrogen-bond donors (Lipinski definition) is 2. The van der Waals surface area contributed by atoms with Gasteiger partial charge in [-0.25, -0.2) is 9.37 Å². The fraction of sp³-hybridized carbons (Fsp3) is 0.214. The van der Waals surface area contributed by atoms with Crippen molar-refractivity contribution in [2.24, 2.45) is 0 Å². The van der Waals surface area contributed by atoms with E-state index in [2.05, 4.69) is 10.3 Å². The number of anilines is 2. The van der Waals surface area contributed by atoms with Crippen molar-refractivity contribution >= 4 is 11.5 Å². The Balaban J connectivity index is 2.15. The number of pyridine rings is 1. The number of rotatable bonds is 3. The van der Waals surface area contributed by atoms with Gasteiger partial charge in [-0.2, -0.15) is 0 Å². The lowest BCUT2D eigenvalue weighted by molar-refractivity contribution is 0.626. The van der Waals surface area contributed by atoms with E-state index < -0.39 is 0 Å². The molecule has 2 rings (SSSR count). The second-order valence-electron chi connectivity index (χ2n) is 4.37. The minimum absolute atomic E-state index is 0.0168. The Morgan fingerprint density at radius 3 is 2.56 bits per heavy atom. The molecule has 0 saturated heterocycles. The first-order valence-corrected chi connectivity index (χ1v) is 5.80. The molecule has 0 spiro atoms. The van der Waals surface area contributed by atoms with E-state index in [1.807, 2.05) is 19.9 Å². The highest BCUT2D eigenvalue weighted by atomic mass is 19.1. The fourth-order valence-electron chi connectivity index (χ4n) is 1.75. The average Bonchev–Trinajstić information content (AvgIpc) is 2.33. The lowest BCUT2D eigenvalue weighted by Gasteiger charge is -2.16. The minimum atomic E-state index is -0.237. The summed E-state index contributed by atoms with van der Waals surface area (Å²) >= 11 is 0. The zero-order valence-electron chi connectivity index (χ0n) is 10.4. The molecule has 3 N–H and O–H groups in total. The zero-order chi connectivity index (χ0) is 13.1. The lowest BCUT2D eigenvalue weighted by Crippen LogP contribution is -2.10. The largest absolute Gasteiger partial charge is 0.396 e. The van der Waals surface area contributed by atoms with Gasteiger partial charge in [0.05, 0.1) is 11.7 Å². The smallest absolute Gasteiger partial charge is 0.149 e. The summed E-state index contributed by atoms with van der Waals surface area (Å²) in [6, 6.07) is 8.27. The van der Waals surface area contributed by atoms with Crippen molar-refractivity contribution < 1.29 is 4.39 Å². The molecular formula is C14H16FN3. The number of nitrogens with zero attached hydrogens (tertiary/aromatic N) is 1. The van der Waals surface area contributed by atoms with Crippen LogP contribution in [0.25, 0.3) is 0 Å². The first-order valence-electron chi connectivity index (χ1n) is 5.80. The maximum absolute atomic E-state index is 12.8. The first-order chi connectivity index (χ1) is 8.56. The standard InChI is InChI=1S/C14H16FN3/c1-9-7-13(16)14(17-8-9)18-10(2)11-3-5-12(15)6-4-11/h3-8,10H,16H2,1-2H3,(H,17,18). The van der Waals surface area contributed by atoms with E-state index >= 15 is 0 Å². The second-order valence-corrected chi connectivity index (χ2v) is 4.37. The van der Waals surface area contributed by atoms with Gasteiger partial charge < -0.3 is 11.1 Å². The molecule has 0 radical (unpaired) electrons. The summed E-state index contributed by atoms with van der Waals surface area (Å²) in [6.07, 6.45) is 1.76. The van der Waals surface area contributed by atoms with E-state index in [9.17, 15) is 4.39 Å². The maximum atomic E-state index is 12.8. The summed E-state index contributed by atoms with van der Waals surface area (Å²) in [5.74, 6) is 0.413. The Hall–Kier alpha value is -2.10. The SMILES string of the molecule is Cc1cnc(NC(C)c2ccc(F)cc2)c(N)c1. The second kappa shape index (κ2) is 5.04. The van der Waals surface area contributed by atoms with E-state index in [1.165, 1.54) is 12.1 Å². The molecule has 0 aliphatic carbocycles. The molecule has 94 valence electrons. The number of aryl methyl sites for hydroxylation is 1. The molecule has 0 fully saturated rings. The summed E-state index contributed by atoms with van der Waals surface area (Å²) in [5.41, 5.74) is 8.51. The molecule has 1 atom stereocenters. The van der Waals surface area contributed by atoms with E-state index in [4.69, 9.17) is 5.73 Å². The van der Waals surface area contributed by atoms with Crippen LogP contribution in [0.4, 0.5) is 15.9 Å². The van der Waals surface area contributed by atoms with Crippen molar-refractivity contribution in [1.82, 2.24) is 4.98 Å². The maximum Gasteiger partial charge on any atom is 0.149 e. The predicted molar refractivity (Wildman–Crippen MR) is 71.8 cm³/mol. The Bertz CT molecular complexity index is 537. The number of benzene rings is 1. The van der Waals surface area contributed by atoms with Crippen LogP contribution in [0.15, 0.2) is 36.5 Å². The number of nitrogen functional groups attached to an aromatic ring is 1. The van der Waals surface area contributed by atoms with Crippen LogP contribution >= 0.6 is 0 Å². The van der Waals surface area contributed by atoms with Gasteiger partial charge in [-0.15, -0.1) is 0 Å². The van der Waals surface area contributed by atoms with Crippen LogP contribution in [0.5, 0.6) is 0 Å². The van der Waals surface area contributed by atoms with Crippen molar-refractivity contribution in [3.8, 4) is 0 Å². The van der Waals surface area contributed by atoms with Gasteiger partial charge in [-0.1, -0.05) is 12.1 Å². The van der Waals surface area contributed by atoms with E-state index in [0.717, 1.165) is 11.1 Å². The summed E-state index contributed by atoms with van der Waals surface area (Å²) in [7, 11) is 0. The molecular weight excluding hydrogens is 229 g/mol. The molecule has 0 aliphatic rings. The topological polar surface area (TPSA) is 50.9 Å². The summed E-state index contributed by atoms with van der Waals surface area (Å²) < 4.78 is 12.8. The molecule has 3 nitrogen and oxygen atoms in total. The van der Waals surface area contributed by atoms with Gasteiger partial charge in [-0.05, 0) is 43.2 Å². The normalized spacial score (nSPS) is 12.2. The third-order valence-corrected chi connectivity index (χ3v) is 2.78. The van der Waals surface area contributed by atoms with Gasteiger partial charge >= 0.3 is 0 Å². The van der Waals surface area contributed by atoms with Crippen LogP contribution in [-0.4, -0.2) is 4.98 Å². The molecule has 1 aromatic carbocycles. The Morgan fingerprint density at radius 1 is 1.28 bits per heavy atom. The zero-order valence-corrected chi connectivity index (χ0v) is 10.4. The predicted octanol–water partition coefficient (Wildman–Crippen LogP) is 3.28. The molecule has 0 amide bonds. The van der Waals surface area contributed by atoms with Gasteiger partial charge in [0.15, 0.2) is 0 Å². The molecule has 1 heterocycles. The molecule has 0 saturated carbocycles. The highest BCUT2D eigenvalue weighted by Gasteiger charge is 2.08. The van der Waals surface area contributed by atoms with Crippen LogP contribution in [0.3, 0.4) is 0 Å². The molecule has 1 aromatic heterocycles. The molecule has 1 unspecified atom stereocenters. The Morgan fingerprint density at radius 2 is 1.94 bits per heavy atom. The quantitative estimate of drug-likeness (QED) is 0.872. The lowest BCUT2D eigenvalue weighted by atomic mass is 10.1. The summed E-state index contributed by atoms with van der Waals surface area (Å²) in [4.78, 5) is 4.25. The van der Waals surface area contributed by atoms with E-state index in [0.29, 0.717) is 11.5 Å². The van der Waals surface area contributed by atoms with E-state index in [-0.39, 0.29) is 11.9 Å². The monoisotopic (exact) mass is 245 g/mol. The van der Waals surface area contributed by atoms with Crippen molar-refractivity contribution in [2.45, 2.75) is 19.9 Å². The molecule has 4 heteroatoms. The third kappa shape index (κ3) is 2.77. The van der Waals surface area contributed by atoms with Crippen LogP contribution in [0, 0.1) is 12.7 Å². The summed E-state index contributed by atoms with van der Waals surface area (Å²) in [6.45, 7) is 3.92. The molecule has 18 heavy (non-hydrogen) atoms. The number of nitrogens with one attached hydrogen (secondary N) is 1. The third-order valence-electron chi connectivity index (χ3n) is 2.78. The van der Waals surface area contributed by atoms with Gasteiger partial charge in [-0.3, -0.25) is 0 Å². The molecule has 2 aromatic rings. The number of halogens is 1.